The van der Waals surface area contributed by atoms with Crippen LogP contribution in [0.2, 0.25) is 0 Å². The van der Waals surface area contributed by atoms with Crippen molar-refractivity contribution < 1.29 is 14.3 Å². The summed E-state index contributed by atoms with van der Waals surface area (Å²) in [6.07, 6.45) is 1.95. The molecule has 0 N–H and O–H groups in total. The number of benzene rings is 2. The first-order chi connectivity index (χ1) is 15.0. The number of fused-ring (bicyclic) bond motifs is 1. The van der Waals surface area contributed by atoms with Crippen LogP contribution in [0, 0.1) is 3.57 Å². The molecule has 2 aliphatic rings. The van der Waals surface area contributed by atoms with E-state index in [1.54, 1.807) is 11.8 Å². The minimum Gasteiger partial charge on any atom is -0.488 e. The molecule has 1 atom stereocenters. The smallest absolute Gasteiger partial charge is 0.338 e. The van der Waals surface area contributed by atoms with E-state index in [2.05, 4.69) is 67.8 Å². The zero-order chi connectivity index (χ0) is 22.0. The van der Waals surface area contributed by atoms with E-state index < -0.39 is 0 Å². The third-order valence-electron chi connectivity index (χ3n) is 4.90. The number of esters is 1. The molecule has 160 valence electrons. The van der Waals surface area contributed by atoms with Crippen LogP contribution in [0.3, 0.4) is 0 Å². The molecule has 31 heavy (non-hydrogen) atoms. The summed E-state index contributed by atoms with van der Waals surface area (Å²) in [5.74, 6) is 0.407. The Kier molecular flexibility index (Phi) is 7.08. The minimum atomic E-state index is -0.340. The van der Waals surface area contributed by atoms with Crippen molar-refractivity contribution in [3.8, 4) is 5.75 Å². The van der Waals surface area contributed by atoms with Crippen LogP contribution < -0.4 is 4.74 Å². The third kappa shape index (κ3) is 4.85. The van der Waals surface area contributed by atoms with E-state index in [0.717, 1.165) is 26.5 Å². The Hall–Kier alpha value is -1.78. The molecule has 0 aromatic heterocycles. The first kappa shape index (κ1) is 22.4. The molecule has 8 heteroatoms. The highest BCUT2D eigenvalue weighted by molar-refractivity contribution is 14.1. The van der Waals surface area contributed by atoms with Crippen LogP contribution in [0.15, 0.2) is 74.8 Å². The van der Waals surface area contributed by atoms with Crippen molar-refractivity contribution >= 4 is 61.4 Å². The van der Waals surface area contributed by atoms with Gasteiger partial charge < -0.3 is 14.4 Å². The number of halogens is 2. The molecule has 0 saturated carbocycles. The predicted octanol–water partition coefficient (Wildman–Crippen LogP) is 6.40. The SMILES string of the molecule is CCOC(=O)C1=C(C)N=C2SC=CN2[C@@H]1c1ccc(OCc2ccc(I)cc2)c(Br)c1. The van der Waals surface area contributed by atoms with Crippen LogP contribution in [-0.4, -0.2) is 22.6 Å². The van der Waals surface area contributed by atoms with Crippen LogP contribution in [0.5, 0.6) is 5.75 Å². The van der Waals surface area contributed by atoms with Crippen molar-refractivity contribution in [3.05, 3.63) is 84.5 Å². The van der Waals surface area contributed by atoms with Gasteiger partial charge in [-0.05, 0) is 93.2 Å². The summed E-state index contributed by atoms with van der Waals surface area (Å²) >= 11 is 7.47. The molecule has 0 bridgehead atoms. The molecule has 2 aromatic rings. The molecule has 2 aromatic carbocycles. The normalized spacial score (nSPS) is 17.5. The molecule has 4 rings (SSSR count). The molecule has 0 fully saturated rings. The number of amidine groups is 1. The second kappa shape index (κ2) is 9.79. The van der Waals surface area contributed by atoms with E-state index in [1.807, 2.05) is 48.6 Å². The Bertz CT molecular complexity index is 1100. The van der Waals surface area contributed by atoms with E-state index in [0.29, 0.717) is 24.5 Å². The summed E-state index contributed by atoms with van der Waals surface area (Å²) < 4.78 is 13.4. The molecule has 2 aliphatic heterocycles. The zero-order valence-electron chi connectivity index (χ0n) is 17.0. The van der Waals surface area contributed by atoms with E-state index in [1.165, 1.54) is 3.57 Å². The Labute approximate surface area is 207 Å². The van der Waals surface area contributed by atoms with Gasteiger partial charge in [0.25, 0.3) is 0 Å². The fraction of sp³-hybridized carbons (Fsp3) is 0.217. The second-order valence-electron chi connectivity index (χ2n) is 6.93. The molecule has 0 amide bonds. The number of ether oxygens (including phenoxy) is 2. The Morgan fingerprint density at radius 3 is 2.74 bits per heavy atom. The summed E-state index contributed by atoms with van der Waals surface area (Å²) in [6, 6.07) is 13.9. The fourth-order valence-corrected chi connectivity index (χ4v) is 5.11. The Morgan fingerprint density at radius 1 is 1.26 bits per heavy atom. The first-order valence-corrected chi connectivity index (χ1v) is 12.5. The highest BCUT2D eigenvalue weighted by Crippen LogP contribution is 2.42. The molecule has 0 aliphatic carbocycles. The maximum absolute atomic E-state index is 12.8. The summed E-state index contributed by atoms with van der Waals surface area (Å²) in [5.41, 5.74) is 3.29. The highest BCUT2D eigenvalue weighted by Gasteiger charge is 2.37. The minimum absolute atomic E-state index is 0.306. The first-order valence-electron chi connectivity index (χ1n) is 9.73. The van der Waals surface area contributed by atoms with Crippen molar-refractivity contribution in [2.24, 2.45) is 4.99 Å². The van der Waals surface area contributed by atoms with Crippen molar-refractivity contribution in [3.63, 3.8) is 0 Å². The van der Waals surface area contributed by atoms with Crippen LogP contribution >= 0.6 is 50.3 Å². The topological polar surface area (TPSA) is 51.1 Å². The lowest BCUT2D eigenvalue weighted by Crippen LogP contribution is -2.34. The number of carbonyl (C=O) groups is 1. The number of nitrogens with zero attached hydrogens (tertiary/aromatic N) is 2. The molecule has 2 heterocycles. The van der Waals surface area contributed by atoms with Gasteiger partial charge in [0, 0.05) is 9.77 Å². The van der Waals surface area contributed by atoms with E-state index in [4.69, 9.17) is 9.47 Å². The van der Waals surface area contributed by atoms with Gasteiger partial charge in [-0.2, -0.15) is 0 Å². The number of allylic oxidation sites excluding steroid dienone is 1. The fourth-order valence-electron chi connectivity index (χ4n) is 3.44. The van der Waals surface area contributed by atoms with Crippen molar-refractivity contribution in [2.45, 2.75) is 26.5 Å². The number of carbonyl (C=O) groups excluding carboxylic acids is 1. The molecule has 0 spiro atoms. The lowest BCUT2D eigenvalue weighted by molar-refractivity contribution is -0.139. The number of aliphatic imine (C=N–C) groups is 1. The number of rotatable bonds is 6. The lowest BCUT2D eigenvalue weighted by atomic mass is 9.95. The average Bonchev–Trinajstić information content (AvgIpc) is 3.21. The zero-order valence-corrected chi connectivity index (χ0v) is 21.5. The number of hydrogen-bond acceptors (Lipinski definition) is 6. The standard InChI is InChI=1S/C23H20BrIN2O3S/c1-3-29-22(28)20-14(2)26-23-27(10-11-31-23)21(20)16-6-9-19(18(24)12-16)30-13-15-4-7-17(25)8-5-15/h4-12,21H,3,13H2,1-2H3/t21-/m1/s1. The molecular formula is C23H20BrIN2O3S. The van der Waals surface area contributed by atoms with E-state index >= 15 is 0 Å². The largest absolute Gasteiger partial charge is 0.488 e. The van der Waals surface area contributed by atoms with Gasteiger partial charge in [0.1, 0.15) is 12.4 Å². The van der Waals surface area contributed by atoms with Crippen molar-refractivity contribution in [1.82, 2.24) is 4.90 Å². The third-order valence-corrected chi connectivity index (χ3v) is 7.00. The van der Waals surface area contributed by atoms with Gasteiger partial charge in [-0.1, -0.05) is 30.0 Å². The average molecular weight is 611 g/mol. The van der Waals surface area contributed by atoms with Gasteiger partial charge in [0.15, 0.2) is 5.17 Å². The number of hydrogen-bond donors (Lipinski definition) is 0. The van der Waals surface area contributed by atoms with Gasteiger partial charge in [0.05, 0.1) is 28.4 Å². The Morgan fingerprint density at radius 2 is 2.03 bits per heavy atom. The molecule has 0 unspecified atom stereocenters. The lowest BCUT2D eigenvalue weighted by Gasteiger charge is -2.33. The Balaban J connectivity index is 1.62. The summed E-state index contributed by atoms with van der Waals surface area (Å²) in [7, 11) is 0. The van der Waals surface area contributed by atoms with Crippen LogP contribution in [0.4, 0.5) is 0 Å². The number of thioether (sulfide) groups is 1. The predicted molar refractivity (Wildman–Crippen MR) is 136 cm³/mol. The van der Waals surface area contributed by atoms with Gasteiger partial charge in [0.2, 0.25) is 0 Å². The van der Waals surface area contributed by atoms with Gasteiger partial charge in [-0.3, -0.25) is 0 Å². The summed E-state index contributed by atoms with van der Waals surface area (Å²) in [4.78, 5) is 19.4. The van der Waals surface area contributed by atoms with Crippen LogP contribution in [-0.2, 0) is 16.1 Å². The maximum atomic E-state index is 12.8. The monoisotopic (exact) mass is 610 g/mol. The van der Waals surface area contributed by atoms with Gasteiger partial charge >= 0.3 is 5.97 Å². The van der Waals surface area contributed by atoms with Gasteiger partial charge in [-0.25, -0.2) is 9.79 Å². The molecular weight excluding hydrogens is 591 g/mol. The van der Waals surface area contributed by atoms with Crippen molar-refractivity contribution in [2.75, 3.05) is 6.61 Å². The van der Waals surface area contributed by atoms with Crippen molar-refractivity contribution in [1.29, 1.82) is 0 Å². The maximum Gasteiger partial charge on any atom is 0.338 e. The van der Waals surface area contributed by atoms with E-state index in [9.17, 15) is 4.79 Å². The highest BCUT2D eigenvalue weighted by atomic mass is 127. The van der Waals surface area contributed by atoms with Crippen LogP contribution in [0.25, 0.3) is 0 Å². The van der Waals surface area contributed by atoms with Gasteiger partial charge in [-0.15, -0.1) is 0 Å². The molecule has 5 nitrogen and oxygen atoms in total. The molecule has 0 radical (unpaired) electrons. The summed E-state index contributed by atoms with van der Waals surface area (Å²) in [5, 5.41) is 2.83. The second-order valence-corrected chi connectivity index (χ2v) is 9.90. The molecule has 0 saturated heterocycles. The van der Waals surface area contributed by atoms with Crippen LogP contribution in [0.1, 0.15) is 31.0 Å². The summed E-state index contributed by atoms with van der Waals surface area (Å²) in [6.45, 7) is 4.46. The quantitative estimate of drug-likeness (QED) is 0.280. The van der Waals surface area contributed by atoms with E-state index in [-0.39, 0.29) is 12.0 Å².